The summed E-state index contributed by atoms with van der Waals surface area (Å²) in [6, 6.07) is 3.59. The van der Waals surface area contributed by atoms with Crippen LogP contribution in [-0.4, -0.2) is 15.9 Å². The van der Waals surface area contributed by atoms with E-state index in [1.165, 1.54) is 11.3 Å². The third-order valence-electron chi connectivity index (χ3n) is 1.66. The van der Waals surface area contributed by atoms with Crippen LogP contribution in [0.3, 0.4) is 0 Å². The quantitative estimate of drug-likeness (QED) is 0.922. The minimum Gasteiger partial charge on any atom is -0.304 e. The molecule has 0 saturated heterocycles. The molecule has 2 heterocycles. The van der Waals surface area contributed by atoms with Crippen LogP contribution in [-0.2, 0) is 0 Å². The first-order valence-electron chi connectivity index (χ1n) is 4.07. The van der Waals surface area contributed by atoms with E-state index in [-0.39, 0.29) is 5.91 Å². The molecule has 0 radical (unpaired) electrons. The Morgan fingerprint density at radius 2 is 2.33 bits per heavy atom. The Labute approximate surface area is 98.5 Å². The second-order valence-electron chi connectivity index (χ2n) is 2.66. The van der Waals surface area contributed by atoms with Crippen molar-refractivity contribution in [2.45, 2.75) is 0 Å². The Balaban J connectivity index is 2.17. The van der Waals surface area contributed by atoms with E-state index in [0.717, 1.165) is 4.47 Å². The van der Waals surface area contributed by atoms with E-state index >= 15 is 0 Å². The fraction of sp³-hybridized carbons (Fsp3) is 0. The zero-order valence-corrected chi connectivity index (χ0v) is 9.88. The number of aromatic nitrogens is 2. The molecule has 2 rings (SSSR count). The van der Waals surface area contributed by atoms with Gasteiger partial charge in [0.1, 0.15) is 11.5 Å². The van der Waals surface area contributed by atoms with Gasteiger partial charge >= 0.3 is 0 Å². The van der Waals surface area contributed by atoms with Crippen LogP contribution < -0.4 is 5.32 Å². The van der Waals surface area contributed by atoms with E-state index in [1.54, 1.807) is 23.2 Å². The lowest BCUT2D eigenvalue weighted by Crippen LogP contribution is -2.13. The predicted molar refractivity (Wildman–Crippen MR) is 62.0 cm³/mol. The SMILES string of the molecule is O=C(Nc1ncccc1Br)c1cscn1. The lowest BCUT2D eigenvalue weighted by atomic mass is 10.4. The molecular formula is C9H6BrN3OS. The summed E-state index contributed by atoms with van der Waals surface area (Å²) in [6.07, 6.45) is 1.61. The van der Waals surface area contributed by atoms with Gasteiger partial charge in [0.2, 0.25) is 0 Å². The summed E-state index contributed by atoms with van der Waals surface area (Å²) < 4.78 is 0.744. The first-order valence-corrected chi connectivity index (χ1v) is 5.81. The maximum atomic E-state index is 11.6. The molecule has 2 aromatic heterocycles. The van der Waals surface area contributed by atoms with Crippen molar-refractivity contribution in [2.75, 3.05) is 5.32 Å². The number of hydrogen-bond donors (Lipinski definition) is 1. The van der Waals surface area contributed by atoms with Gasteiger partial charge in [-0.15, -0.1) is 11.3 Å². The van der Waals surface area contributed by atoms with Crippen molar-refractivity contribution in [3.63, 3.8) is 0 Å². The molecule has 0 bridgehead atoms. The highest BCUT2D eigenvalue weighted by atomic mass is 79.9. The number of carbonyl (C=O) groups is 1. The highest BCUT2D eigenvalue weighted by Gasteiger charge is 2.09. The number of halogens is 1. The number of amides is 1. The second kappa shape index (κ2) is 4.50. The van der Waals surface area contributed by atoms with Crippen LogP contribution >= 0.6 is 27.3 Å². The second-order valence-corrected chi connectivity index (χ2v) is 4.23. The molecular weight excluding hydrogens is 278 g/mol. The number of anilines is 1. The van der Waals surface area contributed by atoms with Gasteiger partial charge in [-0.05, 0) is 28.1 Å². The van der Waals surface area contributed by atoms with E-state index in [4.69, 9.17) is 0 Å². The normalized spacial score (nSPS) is 9.93. The van der Waals surface area contributed by atoms with Crippen LogP contribution in [0.25, 0.3) is 0 Å². The van der Waals surface area contributed by atoms with E-state index in [2.05, 4.69) is 31.2 Å². The fourth-order valence-electron chi connectivity index (χ4n) is 0.974. The van der Waals surface area contributed by atoms with Crippen molar-refractivity contribution < 1.29 is 4.79 Å². The van der Waals surface area contributed by atoms with Gasteiger partial charge in [0, 0.05) is 11.6 Å². The first kappa shape index (κ1) is 10.3. The Bertz CT molecular complexity index is 472. The molecule has 0 spiro atoms. The zero-order chi connectivity index (χ0) is 10.7. The Morgan fingerprint density at radius 3 is 3.00 bits per heavy atom. The van der Waals surface area contributed by atoms with Crippen LogP contribution in [0.5, 0.6) is 0 Å². The van der Waals surface area contributed by atoms with Crippen LogP contribution in [0.4, 0.5) is 5.82 Å². The molecule has 15 heavy (non-hydrogen) atoms. The van der Waals surface area contributed by atoms with Gasteiger partial charge in [-0.2, -0.15) is 0 Å². The van der Waals surface area contributed by atoms with Gasteiger partial charge in [0.15, 0.2) is 0 Å². The Hall–Kier alpha value is -1.27. The number of hydrogen-bond acceptors (Lipinski definition) is 4. The molecule has 0 aromatic carbocycles. The molecule has 2 aromatic rings. The molecule has 0 aliphatic carbocycles. The zero-order valence-electron chi connectivity index (χ0n) is 7.48. The molecule has 0 fully saturated rings. The smallest absolute Gasteiger partial charge is 0.276 e. The minimum absolute atomic E-state index is 0.254. The predicted octanol–water partition coefficient (Wildman–Crippen LogP) is 2.55. The Kier molecular flexibility index (Phi) is 3.08. The largest absolute Gasteiger partial charge is 0.304 e. The summed E-state index contributed by atoms with van der Waals surface area (Å²) in [5.74, 6) is 0.242. The van der Waals surface area contributed by atoms with Crippen LogP contribution in [0.2, 0.25) is 0 Å². The Morgan fingerprint density at radius 1 is 1.47 bits per heavy atom. The van der Waals surface area contributed by atoms with Gasteiger partial charge in [-0.25, -0.2) is 9.97 Å². The lowest BCUT2D eigenvalue weighted by Gasteiger charge is -2.03. The van der Waals surface area contributed by atoms with Crippen molar-refractivity contribution in [3.05, 3.63) is 39.4 Å². The standard InChI is InChI=1S/C9H6BrN3OS/c10-6-2-1-3-11-8(6)13-9(14)7-4-15-5-12-7/h1-5H,(H,11,13,14). The lowest BCUT2D eigenvalue weighted by molar-refractivity contribution is 0.102. The summed E-state index contributed by atoms with van der Waals surface area (Å²) in [4.78, 5) is 19.5. The fourth-order valence-corrected chi connectivity index (χ4v) is 1.86. The minimum atomic E-state index is -0.254. The topological polar surface area (TPSA) is 54.9 Å². The van der Waals surface area contributed by atoms with Gasteiger partial charge in [-0.3, -0.25) is 4.79 Å². The van der Waals surface area contributed by atoms with Gasteiger partial charge in [-0.1, -0.05) is 0 Å². The maximum Gasteiger partial charge on any atom is 0.276 e. The highest BCUT2D eigenvalue weighted by Crippen LogP contribution is 2.18. The molecule has 0 aliphatic heterocycles. The van der Waals surface area contributed by atoms with Gasteiger partial charge in [0.05, 0.1) is 9.98 Å². The molecule has 4 nitrogen and oxygen atoms in total. The van der Waals surface area contributed by atoms with Gasteiger partial charge < -0.3 is 5.32 Å². The summed E-state index contributed by atoms with van der Waals surface area (Å²) in [5, 5.41) is 4.35. The van der Waals surface area contributed by atoms with Crippen molar-refractivity contribution in [1.29, 1.82) is 0 Å². The highest BCUT2D eigenvalue weighted by molar-refractivity contribution is 9.10. The van der Waals surface area contributed by atoms with Crippen LogP contribution in [0, 0.1) is 0 Å². The third kappa shape index (κ3) is 2.40. The number of pyridine rings is 1. The number of thiazole rings is 1. The molecule has 1 amide bonds. The summed E-state index contributed by atoms with van der Waals surface area (Å²) in [7, 11) is 0. The molecule has 1 N–H and O–H groups in total. The van der Waals surface area contributed by atoms with E-state index in [0.29, 0.717) is 11.5 Å². The average Bonchev–Trinajstić information content (AvgIpc) is 2.74. The van der Waals surface area contributed by atoms with Crippen molar-refractivity contribution >= 4 is 39.0 Å². The monoisotopic (exact) mass is 283 g/mol. The average molecular weight is 284 g/mol. The summed E-state index contributed by atoms with van der Waals surface area (Å²) >= 11 is 4.67. The molecule has 0 aliphatic rings. The van der Waals surface area contributed by atoms with E-state index < -0.39 is 0 Å². The molecule has 0 saturated carbocycles. The number of carbonyl (C=O) groups excluding carboxylic acids is 1. The molecule has 6 heteroatoms. The number of nitrogens with zero attached hydrogens (tertiary/aromatic N) is 2. The van der Waals surface area contributed by atoms with Crippen molar-refractivity contribution in [3.8, 4) is 0 Å². The molecule has 76 valence electrons. The summed E-state index contributed by atoms with van der Waals surface area (Å²) in [5.41, 5.74) is 2.01. The number of rotatable bonds is 2. The van der Waals surface area contributed by atoms with Crippen molar-refractivity contribution in [2.24, 2.45) is 0 Å². The van der Waals surface area contributed by atoms with Gasteiger partial charge in [0.25, 0.3) is 5.91 Å². The molecule has 0 atom stereocenters. The van der Waals surface area contributed by atoms with E-state index in [1.807, 2.05) is 6.07 Å². The van der Waals surface area contributed by atoms with Crippen LogP contribution in [0.15, 0.2) is 33.7 Å². The summed E-state index contributed by atoms with van der Waals surface area (Å²) in [6.45, 7) is 0. The first-order chi connectivity index (χ1) is 7.27. The third-order valence-corrected chi connectivity index (χ3v) is 2.88. The molecule has 0 unspecified atom stereocenters. The maximum absolute atomic E-state index is 11.6. The van der Waals surface area contributed by atoms with Crippen LogP contribution in [0.1, 0.15) is 10.5 Å². The number of nitrogens with one attached hydrogen (secondary N) is 1. The van der Waals surface area contributed by atoms with Crippen molar-refractivity contribution in [1.82, 2.24) is 9.97 Å². The van der Waals surface area contributed by atoms with E-state index in [9.17, 15) is 4.79 Å².